The van der Waals surface area contributed by atoms with Gasteiger partial charge in [-0.05, 0) is 96.5 Å². The standard InChI is InChI=1S/C36H42N2O4/c1-24-21-30(22-27-9-11-28(12-10-27)32-7-4-5-8-33(32)36(40)41)26(3)31-14-13-29(23-34(31)25(24)2)35(39)37-15-17-38-16-6-19-42-20-18-38/h4-5,7-14,23,26,30H,6,15-22H2,1-3H3,(H,37,39)(H,40,41). The highest BCUT2D eigenvalue weighted by Crippen LogP contribution is 2.41. The van der Waals surface area contributed by atoms with Crippen LogP contribution in [0.4, 0.5) is 0 Å². The predicted molar refractivity (Wildman–Crippen MR) is 168 cm³/mol. The number of rotatable bonds is 8. The summed E-state index contributed by atoms with van der Waals surface area (Å²) in [5.41, 5.74) is 9.01. The van der Waals surface area contributed by atoms with Crippen molar-refractivity contribution in [2.45, 2.75) is 46.0 Å². The second kappa shape index (κ2) is 13.5. The Hall–Kier alpha value is -3.74. The van der Waals surface area contributed by atoms with E-state index in [-0.39, 0.29) is 5.91 Å². The minimum atomic E-state index is -0.915. The first-order chi connectivity index (χ1) is 20.3. The largest absolute Gasteiger partial charge is 0.478 e. The van der Waals surface area contributed by atoms with Gasteiger partial charge in [-0.3, -0.25) is 9.69 Å². The van der Waals surface area contributed by atoms with Crippen molar-refractivity contribution >= 4 is 17.4 Å². The van der Waals surface area contributed by atoms with Crippen LogP contribution >= 0.6 is 0 Å². The molecule has 42 heavy (non-hydrogen) atoms. The number of aromatic carboxylic acids is 1. The molecule has 3 aromatic rings. The van der Waals surface area contributed by atoms with Gasteiger partial charge in [0.2, 0.25) is 0 Å². The number of carbonyl (C=O) groups is 2. The second-order valence-electron chi connectivity index (χ2n) is 11.8. The maximum Gasteiger partial charge on any atom is 0.336 e. The molecule has 1 fully saturated rings. The van der Waals surface area contributed by atoms with Gasteiger partial charge in [-0.1, -0.05) is 61.0 Å². The van der Waals surface area contributed by atoms with Gasteiger partial charge in [0.15, 0.2) is 0 Å². The zero-order valence-electron chi connectivity index (χ0n) is 25.0. The summed E-state index contributed by atoms with van der Waals surface area (Å²) < 4.78 is 5.53. The predicted octanol–water partition coefficient (Wildman–Crippen LogP) is 6.66. The first-order valence-corrected chi connectivity index (χ1v) is 15.1. The lowest BCUT2D eigenvalue weighted by molar-refractivity contribution is 0.0697. The molecule has 0 bridgehead atoms. The quantitative estimate of drug-likeness (QED) is 0.319. The van der Waals surface area contributed by atoms with Crippen LogP contribution in [0.1, 0.15) is 76.9 Å². The van der Waals surface area contributed by atoms with E-state index < -0.39 is 5.97 Å². The number of hydrogen-bond donors (Lipinski definition) is 2. The molecule has 6 heteroatoms. The fourth-order valence-electron chi connectivity index (χ4n) is 6.37. The van der Waals surface area contributed by atoms with Crippen LogP contribution in [0.15, 0.2) is 72.3 Å². The van der Waals surface area contributed by atoms with Crippen molar-refractivity contribution in [1.82, 2.24) is 10.2 Å². The van der Waals surface area contributed by atoms with E-state index in [1.165, 1.54) is 27.8 Å². The highest BCUT2D eigenvalue weighted by Gasteiger charge is 2.27. The van der Waals surface area contributed by atoms with Crippen LogP contribution < -0.4 is 5.32 Å². The van der Waals surface area contributed by atoms with Crippen LogP contribution in [-0.2, 0) is 11.2 Å². The number of fused-ring (bicyclic) bond motifs is 1. The Morgan fingerprint density at radius 1 is 0.976 bits per heavy atom. The fourth-order valence-corrected chi connectivity index (χ4v) is 6.37. The van der Waals surface area contributed by atoms with Crippen LogP contribution in [0.2, 0.25) is 0 Å². The molecule has 1 amide bonds. The van der Waals surface area contributed by atoms with E-state index in [1.54, 1.807) is 12.1 Å². The Bertz CT molecular complexity index is 1450. The van der Waals surface area contributed by atoms with Crippen LogP contribution in [0, 0.1) is 5.92 Å². The number of carbonyl (C=O) groups excluding carboxylic acids is 1. The monoisotopic (exact) mass is 566 g/mol. The summed E-state index contributed by atoms with van der Waals surface area (Å²) >= 11 is 0. The molecule has 2 atom stereocenters. The Morgan fingerprint density at radius 2 is 1.76 bits per heavy atom. The lowest BCUT2D eigenvalue weighted by Crippen LogP contribution is -2.36. The van der Waals surface area contributed by atoms with Crippen molar-refractivity contribution < 1.29 is 19.4 Å². The molecule has 0 aromatic heterocycles. The molecule has 1 heterocycles. The van der Waals surface area contributed by atoms with Crippen LogP contribution in [-0.4, -0.2) is 61.3 Å². The Kier molecular flexibility index (Phi) is 9.55. The first-order valence-electron chi connectivity index (χ1n) is 15.1. The summed E-state index contributed by atoms with van der Waals surface area (Å²) in [6, 6.07) is 21.7. The number of hydrogen-bond acceptors (Lipinski definition) is 4. The van der Waals surface area contributed by atoms with Crippen LogP contribution in [0.3, 0.4) is 0 Å². The smallest absolute Gasteiger partial charge is 0.336 e. The average Bonchev–Trinajstić information content (AvgIpc) is 3.32. The van der Waals surface area contributed by atoms with Crippen molar-refractivity contribution in [3.05, 3.63) is 100 Å². The third-order valence-corrected chi connectivity index (χ3v) is 9.07. The van der Waals surface area contributed by atoms with Crippen molar-refractivity contribution in [3.63, 3.8) is 0 Å². The summed E-state index contributed by atoms with van der Waals surface area (Å²) in [4.78, 5) is 27.1. The van der Waals surface area contributed by atoms with Gasteiger partial charge in [-0.15, -0.1) is 0 Å². The van der Waals surface area contributed by atoms with Gasteiger partial charge in [0.25, 0.3) is 5.91 Å². The SMILES string of the molecule is CC1=C(C)c2cc(C(=O)NCCN3CCCOCC3)ccc2C(C)C(Cc2ccc(-c3ccccc3C(=O)O)cc2)C1. The molecule has 5 rings (SSSR count). The average molecular weight is 567 g/mol. The van der Waals surface area contributed by atoms with Crippen molar-refractivity contribution in [2.24, 2.45) is 5.92 Å². The molecule has 0 spiro atoms. The topological polar surface area (TPSA) is 78.9 Å². The number of carboxylic acids is 1. The first kappa shape index (κ1) is 29.7. The van der Waals surface area contributed by atoms with Gasteiger partial charge < -0.3 is 15.2 Å². The summed E-state index contributed by atoms with van der Waals surface area (Å²) in [5, 5.41) is 12.7. The number of ether oxygens (including phenoxy) is 1. The maximum absolute atomic E-state index is 13.1. The van der Waals surface area contributed by atoms with Gasteiger partial charge in [0.05, 0.1) is 12.2 Å². The Labute approximate surface area is 249 Å². The minimum absolute atomic E-state index is 0.0210. The molecular formula is C36H42N2O4. The fraction of sp³-hybridized carbons (Fsp3) is 0.389. The van der Waals surface area contributed by atoms with Gasteiger partial charge in [0, 0.05) is 38.3 Å². The normalized spacial score (nSPS) is 19.5. The van der Waals surface area contributed by atoms with E-state index in [1.807, 2.05) is 30.3 Å². The third-order valence-electron chi connectivity index (χ3n) is 9.07. The molecule has 0 saturated carbocycles. The van der Waals surface area contributed by atoms with Crippen LogP contribution in [0.5, 0.6) is 0 Å². The van der Waals surface area contributed by atoms with Gasteiger partial charge in [-0.2, -0.15) is 0 Å². The number of amides is 1. The van der Waals surface area contributed by atoms with E-state index in [0.717, 1.165) is 63.2 Å². The number of allylic oxidation sites excluding steroid dienone is 2. The second-order valence-corrected chi connectivity index (χ2v) is 11.8. The highest BCUT2D eigenvalue weighted by atomic mass is 16.5. The Balaban J connectivity index is 1.28. The van der Waals surface area contributed by atoms with E-state index in [2.05, 4.69) is 55.3 Å². The molecule has 0 radical (unpaired) electrons. The summed E-state index contributed by atoms with van der Waals surface area (Å²) in [5.74, 6) is -0.201. The van der Waals surface area contributed by atoms with Crippen molar-refractivity contribution in [1.29, 1.82) is 0 Å². The molecule has 2 aliphatic rings. The van der Waals surface area contributed by atoms with Crippen molar-refractivity contribution in [3.8, 4) is 11.1 Å². The van der Waals surface area contributed by atoms with E-state index >= 15 is 0 Å². The highest BCUT2D eigenvalue weighted by molar-refractivity contribution is 5.96. The molecule has 1 aliphatic carbocycles. The zero-order valence-corrected chi connectivity index (χ0v) is 25.0. The summed E-state index contributed by atoms with van der Waals surface area (Å²) in [6.07, 6.45) is 2.96. The molecule has 2 N–H and O–H groups in total. The third kappa shape index (κ3) is 6.83. The molecule has 220 valence electrons. The molecule has 1 aliphatic heterocycles. The molecular weight excluding hydrogens is 524 g/mol. The molecule has 2 unspecified atom stereocenters. The van der Waals surface area contributed by atoms with Crippen molar-refractivity contribution in [2.75, 3.05) is 39.4 Å². The number of carboxylic acid groups (broad SMARTS) is 1. The van der Waals surface area contributed by atoms with E-state index in [4.69, 9.17) is 4.74 Å². The lowest BCUT2D eigenvalue weighted by Gasteiger charge is -2.24. The van der Waals surface area contributed by atoms with Gasteiger partial charge >= 0.3 is 5.97 Å². The van der Waals surface area contributed by atoms with E-state index in [0.29, 0.717) is 29.5 Å². The minimum Gasteiger partial charge on any atom is -0.478 e. The van der Waals surface area contributed by atoms with Crippen LogP contribution in [0.25, 0.3) is 16.7 Å². The zero-order chi connectivity index (χ0) is 29.6. The number of nitrogens with one attached hydrogen (secondary N) is 1. The van der Waals surface area contributed by atoms with Gasteiger partial charge in [-0.25, -0.2) is 4.79 Å². The number of nitrogens with zero attached hydrogens (tertiary/aromatic N) is 1. The Morgan fingerprint density at radius 3 is 2.55 bits per heavy atom. The van der Waals surface area contributed by atoms with Gasteiger partial charge in [0.1, 0.15) is 0 Å². The summed E-state index contributed by atoms with van der Waals surface area (Å²) in [6.45, 7) is 11.7. The molecule has 3 aromatic carbocycles. The lowest BCUT2D eigenvalue weighted by atomic mass is 9.80. The van der Waals surface area contributed by atoms with E-state index in [9.17, 15) is 14.7 Å². The maximum atomic E-state index is 13.1. The molecule has 6 nitrogen and oxygen atoms in total. The molecule has 1 saturated heterocycles. The number of benzene rings is 3. The summed E-state index contributed by atoms with van der Waals surface area (Å²) in [7, 11) is 0.